The summed E-state index contributed by atoms with van der Waals surface area (Å²) in [4.78, 5) is 0.931. The van der Waals surface area contributed by atoms with Gasteiger partial charge in [0.1, 0.15) is 0 Å². The fourth-order valence-corrected chi connectivity index (χ4v) is 4.99. The third-order valence-corrected chi connectivity index (χ3v) is 6.29. The molecule has 4 heteroatoms. The van der Waals surface area contributed by atoms with Crippen LogP contribution >= 0.6 is 15.9 Å². The predicted octanol–water partition coefficient (Wildman–Crippen LogP) is 3.73. The molecule has 1 N–H and O–H groups in total. The molecule has 1 aliphatic carbocycles. The van der Waals surface area contributed by atoms with Crippen LogP contribution in [0.4, 0.5) is 0 Å². The number of halogens is 1. The maximum absolute atomic E-state index is 12.3. The Balaban J connectivity index is 1.88. The number of rotatable bonds is 6. The predicted molar refractivity (Wildman–Crippen MR) is 84.8 cm³/mol. The van der Waals surface area contributed by atoms with E-state index in [1.165, 1.54) is 19.3 Å². The normalized spacial score (nSPS) is 24.5. The summed E-state index contributed by atoms with van der Waals surface area (Å²) in [5.74, 6) is 1.47. The molecule has 0 aromatic heterocycles. The van der Waals surface area contributed by atoms with Gasteiger partial charge in [-0.25, -0.2) is 0 Å². The number of nitrogens with one attached hydrogen (secondary N) is 1. The summed E-state index contributed by atoms with van der Waals surface area (Å²) in [6.45, 7) is 3.20. The Labute approximate surface area is 127 Å². The molecule has 0 bridgehead atoms. The molecule has 0 saturated heterocycles. The van der Waals surface area contributed by atoms with Crippen molar-refractivity contribution in [3.05, 3.63) is 28.7 Å². The van der Waals surface area contributed by atoms with E-state index < -0.39 is 10.8 Å². The van der Waals surface area contributed by atoms with Crippen molar-refractivity contribution in [1.29, 1.82) is 0 Å². The molecule has 106 valence electrons. The Morgan fingerprint density at radius 1 is 1.37 bits per heavy atom. The lowest BCUT2D eigenvalue weighted by atomic mass is 10.0. The van der Waals surface area contributed by atoms with Crippen LogP contribution in [0.3, 0.4) is 0 Å². The van der Waals surface area contributed by atoms with Crippen LogP contribution in [0.2, 0.25) is 0 Å². The minimum atomic E-state index is -0.885. The molecule has 0 radical (unpaired) electrons. The maximum atomic E-state index is 12.3. The van der Waals surface area contributed by atoms with Crippen molar-refractivity contribution >= 4 is 26.7 Å². The summed E-state index contributed by atoms with van der Waals surface area (Å²) < 4.78 is 13.3. The van der Waals surface area contributed by atoms with Gasteiger partial charge in [-0.05, 0) is 59.8 Å². The number of hydrogen-bond acceptors (Lipinski definition) is 2. The smallest absolute Gasteiger partial charge is 0.0541 e. The molecule has 1 aliphatic rings. The largest absolute Gasteiger partial charge is 0.314 e. The molecule has 19 heavy (non-hydrogen) atoms. The van der Waals surface area contributed by atoms with E-state index >= 15 is 0 Å². The first kappa shape index (κ1) is 15.2. The van der Waals surface area contributed by atoms with E-state index in [1.807, 2.05) is 24.3 Å². The zero-order chi connectivity index (χ0) is 13.7. The molecule has 0 heterocycles. The van der Waals surface area contributed by atoms with Gasteiger partial charge in [-0.2, -0.15) is 0 Å². The fraction of sp³-hybridized carbons (Fsp3) is 0.600. The second kappa shape index (κ2) is 7.55. The lowest BCUT2D eigenvalue weighted by Crippen LogP contribution is -2.32. The molecule has 2 rings (SSSR count). The van der Waals surface area contributed by atoms with E-state index in [2.05, 4.69) is 28.2 Å². The summed E-state index contributed by atoms with van der Waals surface area (Å²) in [5, 5.41) is 3.56. The first-order chi connectivity index (χ1) is 9.22. The second-order valence-electron chi connectivity index (χ2n) is 5.12. The fourth-order valence-electron chi connectivity index (χ4n) is 2.91. The molecule has 1 saturated carbocycles. The highest BCUT2D eigenvalue weighted by atomic mass is 79.9. The van der Waals surface area contributed by atoms with Crippen LogP contribution in [0.1, 0.15) is 32.6 Å². The van der Waals surface area contributed by atoms with Crippen molar-refractivity contribution in [2.45, 2.75) is 43.5 Å². The molecule has 3 unspecified atom stereocenters. The van der Waals surface area contributed by atoms with Gasteiger partial charge in [0.2, 0.25) is 0 Å². The van der Waals surface area contributed by atoms with Crippen molar-refractivity contribution in [2.75, 3.05) is 12.3 Å². The SMILES string of the molecule is CCNC1CCCC1CCS(=O)c1ccccc1Br. The molecule has 0 amide bonds. The van der Waals surface area contributed by atoms with E-state index in [0.717, 1.165) is 28.1 Å². The van der Waals surface area contributed by atoms with Crippen LogP contribution in [0, 0.1) is 5.92 Å². The Bertz CT molecular complexity index is 438. The third-order valence-electron chi connectivity index (χ3n) is 3.88. The molecule has 1 fully saturated rings. The zero-order valence-corrected chi connectivity index (χ0v) is 13.8. The van der Waals surface area contributed by atoms with Crippen molar-refractivity contribution in [2.24, 2.45) is 5.92 Å². The molecule has 0 spiro atoms. The van der Waals surface area contributed by atoms with Crippen molar-refractivity contribution < 1.29 is 4.21 Å². The summed E-state index contributed by atoms with van der Waals surface area (Å²) in [6, 6.07) is 8.47. The van der Waals surface area contributed by atoms with Gasteiger partial charge in [0.15, 0.2) is 0 Å². The van der Waals surface area contributed by atoms with Gasteiger partial charge in [-0.3, -0.25) is 4.21 Å². The highest BCUT2D eigenvalue weighted by Crippen LogP contribution is 2.29. The second-order valence-corrected chi connectivity index (χ2v) is 7.52. The molecular weight excluding hydrogens is 322 g/mol. The molecule has 2 nitrogen and oxygen atoms in total. The highest BCUT2D eigenvalue weighted by molar-refractivity contribution is 9.10. The lowest BCUT2D eigenvalue weighted by molar-refractivity contribution is 0.399. The molecule has 3 atom stereocenters. The monoisotopic (exact) mass is 343 g/mol. The Hall–Kier alpha value is -0.190. The van der Waals surface area contributed by atoms with Gasteiger partial charge in [-0.15, -0.1) is 0 Å². The van der Waals surface area contributed by atoms with Gasteiger partial charge in [0.05, 0.1) is 15.7 Å². The van der Waals surface area contributed by atoms with E-state index in [4.69, 9.17) is 0 Å². The van der Waals surface area contributed by atoms with Crippen LogP contribution in [0.5, 0.6) is 0 Å². The number of benzene rings is 1. The van der Waals surface area contributed by atoms with Gasteiger partial charge in [0.25, 0.3) is 0 Å². The van der Waals surface area contributed by atoms with Gasteiger partial charge >= 0.3 is 0 Å². The van der Waals surface area contributed by atoms with Crippen LogP contribution in [-0.4, -0.2) is 22.5 Å². The molecule has 0 aliphatic heterocycles. The first-order valence-corrected chi connectivity index (χ1v) is 9.20. The van der Waals surface area contributed by atoms with Crippen LogP contribution in [-0.2, 0) is 10.8 Å². The van der Waals surface area contributed by atoms with Crippen molar-refractivity contribution in [3.8, 4) is 0 Å². The first-order valence-electron chi connectivity index (χ1n) is 7.08. The topological polar surface area (TPSA) is 29.1 Å². The van der Waals surface area contributed by atoms with E-state index in [0.29, 0.717) is 12.0 Å². The summed E-state index contributed by atoms with van der Waals surface area (Å²) in [6.07, 6.45) is 4.93. The minimum absolute atomic E-state index is 0.640. The Morgan fingerprint density at radius 2 is 2.16 bits per heavy atom. The minimum Gasteiger partial charge on any atom is -0.314 e. The third kappa shape index (κ3) is 4.14. The average Bonchev–Trinajstić information content (AvgIpc) is 2.84. The summed E-state index contributed by atoms with van der Waals surface area (Å²) >= 11 is 3.48. The average molecular weight is 344 g/mol. The number of hydrogen-bond donors (Lipinski definition) is 1. The highest BCUT2D eigenvalue weighted by Gasteiger charge is 2.26. The van der Waals surface area contributed by atoms with E-state index in [9.17, 15) is 4.21 Å². The Kier molecular flexibility index (Phi) is 6.05. The molecule has 1 aromatic carbocycles. The summed E-state index contributed by atoms with van der Waals surface area (Å²) in [7, 11) is -0.885. The van der Waals surface area contributed by atoms with E-state index in [-0.39, 0.29) is 0 Å². The zero-order valence-electron chi connectivity index (χ0n) is 11.4. The van der Waals surface area contributed by atoms with Crippen molar-refractivity contribution in [3.63, 3.8) is 0 Å². The van der Waals surface area contributed by atoms with Crippen molar-refractivity contribution in [1.82, 2.24) is 5.32 Å². The quantitative estimate of drug-likeness (QED) is 0.852. The maximum Gasteiger partial charge on any atom is 0.0541 e. The van der Waals surface area contributed by atoms with E-state index in [1.54, 1.807) is 0 Å². The molecular formula is C15H22BrNOS. The Morgan fingerprint density at radius 3 is 2.89 bits per heavy atom. The standard InChI is InChI=1S/C15H22BrNOS/c1-2-17-14-8-5-6-12(14)10-11-19(18)15-9-4-3-7-13(15)16/h3-4,7,9,12,14,17H,2,5-6,8,10-11H2,1H3. The summed E-state index contributed by atoms with van der Waals surface area (Å²) in [5.41, 5.74) is 0. The van der Waals surface area contributed by atoms with Gasteiger partial charge in [0, 0.05) is 16.3 Å². The molecule has 1 aromatic rings. The lowest BCUT2D eigenvalue weighted by Gasteiger charge is -2.20. The van der Waals surface area contributed by atoms with Gasteiger partial charge in [-0.1, -0.05) is 25.5 Å². The van der Waals surface area contributed by atoms with Gasteiger partial charge < -0.3 is 5.32 Å². The van der Waals surface area contributed by atoms with Crippen LogP contribution < -0.4 is 5.32 Å². The van der Waals surface area contributed by atoms with Crippen LogP contribution in [0.15, 0.2) is 33.6 Å². The van der Waals surface area contributed by atoms with Crippen LogP contribution in [0.25, 0.3) is 0 Å².